The van der Waals surface area contributed by atoms with Crippen LogP contribution in [0.25, 0.3) is 0 Å². The van der Waals surface area contributed by atoms with Crippen molar-refractivity contribution < 1.29 is 4.79 Å². The number of anilines is 1. The molecule has 1 heterocycles. The van der Waals surface area contributed by atoms with Gasteiger partial charge in [0.2, 0.25) is 0 Å². The molecule has 1 amide bonds. The van der Waals surface area contributed by atoms with E-state index in [0.717, 1.165) is 23.9 Å². The highest BCUT2D eigenvalue weighted by Gasteiger charge is 2.37. The summed E-state index contributed by atoms with van der Waals surface area (Å²) in [4.78, 5) is 18.8. The van der Waals surface area contributed by atoms with Crippen LogP contribution >= 0.6 is 15.9 Å². The topological polar surface area (TPSA) is 71.2 Å². The fraction of sp³-hybridized carbons (Fsp3) is 0.538. The zero-order valence-corrected chi connectivity index (χ0v) is 12.2. The SMILES string of the molecule is NNc1ncc(Br)cc1C(=O)N(CC1CC1)C1CC1. The number of hydrogen-bond donors (Lipinski definition) is 2. The van der Waals surface area contributed by atoms with Crippen molar-refractivity contribution in [1.82, 2.24) is 9.88 Å². The molecule has 2 aliphatic carbocycles. The lowest BCUT2D eigenvalue weighted by molar-refractivity contribution is 0.0735. The van der Waals surface area contributed by atoms with Gasteiger partial charge in [0.25, 0.3) is 5.91 Å². The number of pyridine rings is 1. The Hall–Kier alpha value is -1.14. The standard InChI is InChI=1S/C13H17BrN4O/c14-9-5-11(12(17-15)16-6-9)13(19)18(10-3-4-10)7-8-1-2-8/h5-6,8,10H,1-4,7,15H2,(H,16,17). The number of nitrogen functional groups attached to an aromatic ring is 1. The Bertz CT molecular complexity index is 499. The third kappa shape index (κ3) is 2.90. The molecule has 1 aromatic heterocycles. The molecule has 102 valence electrons. The van der Waals surface area contributed by atoms with E-state index in [1.807, 2.05) is 4.90 Å². The van der Waals surface area contributed by atoms with E-state index >= 15 is 0 Å². The van der Waals surface area contributed by atoms with Crippen molar-refractivity contribution in [2.24, 2.45) is 11.8 Å². The second-order valence-corrected chi connectivity index (χ2v) is 6.24. The Morgan fingerprint density at radius 1 is 1.47 bits per heavy atom. The van der Waals surface area contributed by atoms with Gasteiger partial charge in [-0.1, -0.05) is 0 Å². The molecule has 0 aliphatic heterocycles. The van der Waals surface area contributed by atoms with Gasteiger partial charge in [0.1, 0.15) is 0 Å². The minimum Gasteiger partial charge on any atom is -0.335 e. The van der Waals surface area contributed by atoms with Gasteiger partial charge in [0.05, 0.1) is 5.56 Å². The molecule has 2 aliphatic rings. The third-order valence-corrected chi connectivity index (χ3v) is 4.06. The number of nitrogens with two attached hydrogens (primary N) is 1. The Morgan fingerprint density at radius 2 is 2.21 bits per heavy atom. The minimum absolute atomic E-state index is 0.0381. The van der Waals surface area contributed by atoms with E-state index in [4.69, 9.17) is 5.84 Å². The number of amides is 1. The lowest BCUT2D eigenvalue weighted by Crippen LogP contribution is -2.35. The number of rotatable bonds is 5. The van der Waals surface area contributed by atoms with Gasteiger partial charge < -0.3 is 10.3 Å². The summed E-state index contributed by atoms with van der Waals surface area (Å²) in [5.41, 5.74) is 3.05. The van der Waals surface area contributed by atoms with Crippen molar-refractivity contribution in [3.05, 3.63) is 22.3 Å². The maximum atomic E-state index is 12.7. The summed E-state index contributed by atoms with van der Waals surface area (Å²) in [5.74, 6) is 6.62. The zero-order valence-electron chi connectivity index (χ0n) is 10.6. The maximum absolute atomic E-state index is 12.7. The first-order valence-corrected chi connectivity index (χ1v) is 7.41. The number of nitrogens with one attached hydrogen (secondary N) is 1. The largest absolute Gasteiger partial charge is 0.335 e. The van der Waals surface area contributed by atoms with Gasteiger partial charge in [-0.2, -0.15) is 0 Å². The van der Waals surface area contributed by atoms with Crippen molar-refractivity contribution in [2.75, 3.05) is 12.0 Å². The van der Waals surface area contributed by atoms with Gasteiger partial charge in [-0.25, -0.2) is 10.8 Å². The van der Waals surface area contributed by atoms with Crippen LogP contribution in [0.4, 0.5) is 5.82 Å². The summed E-state index contributed by atoms with van der Waals surface area (Å²) in [6.45, 7) is 0.875. The molecule has 0 spiro atoms. The summed E-state index contributed by atoms with van der Waals surface area (Å²) in [6.07, 6.45) is 6.36. The molecule has 0 bridgehead atoms. The van der Waals surface area contributed by atoms with Crippen LogP contribution in [0.2, 0.25) is 0 Å². The predicted molar refractivity (Wildman–Crippen MR) is 76.5 cm³/mol. The summed E-state index contributed by atoms with van der Waals surface area (Å²) in [6, 6.07) is 2.20. The smallest absolute Gasteiger partial charge is 0.257 e. The lowest BCUT2D eigenvalue weighted by atomic mass is 10.2. The van der Waals surface area contributed by atoms with Gasteiger partial charge in [0.15, 0.2) is 5.82 Å². The third-order valence-electron chi connectivity index (χ3n) is 3.62. The summed E-state index contributed by atoms with van der Waals surface area (Å²) < 4.78 is 0.789. The molecule has 3 N–H and O–H groups in total. The summed E-state index contributed by atoms with van der Waals surface area (Å²) in [5, 5.41) is 0. The van der Waals surface area contributed by atoms with Crippen LogP contribution < -0.4 is 11.3 Å². The van der Waals surface area contributed by atoms with Crippen molar-refractivity contribution in [2.45, 2.75) is 31.7 Å². The Labute approximate surface area is 120 Å². The molecule has 3 rings (SSSR count). The van der Waals surface area contributed by atoms with E-state index in [1.54, 1.807) is 12.3 Å². The molecule has 0 radical (unpaired) electrons. The summed E-state index contributed by atoms with van der Waals surface area (Å²) >= 11 is 3.36. The first-order valence-electron chi connectivity index (χ1n) is 6.62. The normalized spacial score (nSPS) is 18.2. The van der Waals surface area contributed by atoms with E-state index in [1.165, 1.54) is 12.8 Å². The molecule has 2 fully saturated rings. The Balaban J connectivity index is 1.85. The first-order chi connectivity index (χ1) is 9.19. The molecular weight excluding hydrogens is 308 g/mol. The Kier molecular flexibility index (Phi) is 3.45. The zero-order chi connectivity index (χ0) is 13.4. The van der Waals surface area contributed by atoms with Crippen LogP contribution in [0.1, 0.15) is 36.0 Å². The van der Waals surface area contributed by atoms with E-state index in [2.05, 4.69) is 26.3 Å². The fourth-order valence-corrected chi connectivity index (χ4v) is 2.57. The van der Waals surface area contributed by atoms with Crippen LogP contribution in [-0.2, 0) is 0 Å². The molecule has 0 saturated heterocycles. The number of hydrogen-bond acceptors (Lipinski definition) is 4. The van der Waals surface area contributed by atoms with Crippen molar-refractivity contribution in [3.63, 3.8) is 0 Å². The monoisotopic (exact) mass is 324 g/mol. The van der Waals surface area contributed by atoms with Gasteiger partial charge in [-0.3, -0.25) is 4.79 Å². The highest BCUT2D eigenvalue weighted by atomic mass is 79.9. The van der Waals surface area contributed by atoms with Crippen LogP contribution in [0, 0.1) is 5.92 Å². The Morgan fingerprint density at radius 3 is 2.79 bits per heavy atom. The van der Waals surface area contributed by atoms with Crippen LogP contribution in [0.5, 0.6) is 0 Å². The minimum atomic E-state index is 0.0381. The van der Waals surface area contributed by atoms with E-state index < -0.39 is 0 Å². The van der Waals surface area contributed by atoms with E-state index in [-0.39, 0.29) is 5.91 Å². The molecule has 2 saturated carbocycles. The van der Waals surface area contributed by atoms with Gasteiger partial charge in [0, 0.05) is 23.3 Å². The highest BCUT2D eigenvalue weighted by molar-refractivity contribution is 9.10. The van der Waals surface area contributed by atoms with Crippen molar-refractivity contribution >= 4 is 27.7 Å². The highest BCUT2D eigenvalue weighted by Crippen LogP contribution is 2.36. The average molecular weight is 325 g/mol. The van der Waals surface area contributed by atoms with Crippen LogP contribution in [0.3, 0.4) is 0 Å². The average Bonchev–Trinajstić information content (AvgIpc) is 3.27. The number of halogens is 1. The second-order valence-electron chi connectivity index (χ2n) is 5.33. The lowest BCUT2D eigenvalue weighted by Gasteiger charge is -2.23. The van der Waals surface area contributed by atoms with Crippen LogP contribution in [-0.4, -0.2) is 28.4 Å². The molecule has 0 aromatic carbocycles. The predicted octanol–water partition coefficient (Wildman–Crippen LogP) is 2.14. The molecule has 0 atom stereocenters. The van der Waals surface area contributed by atoms with Crippen molar-refractivity contribution in [3.8, 4) is 0 Å². The van der Waals surface area contributed by atoms with E-state index in [9.17, 15) is 4.79 Å². The molecule has 1 aromatic rings. The molecule has 19 heavy (non-hydrogen) atoms. The number of carbonyl (C=O) groups excluding carboxylic acids is 1. The van der Waals surface area contributed by atoms with Gasteiger partial charge in [-0.15, -0.1) is 0 Å². The maximum Gasteiger partial charge on any atom is 0.257 e. The molecule has 5 nitrogen and oxygen atoms in total. The number of nitrogens with zero attached hydrogens (tertiary/aromatic N) is 2. The van der Waals surface area contributed by atoms with Gasteiger partial charge in [-0.05, 0) is 53.6 Å². The summed E-state index contributed by atoms with van der Waals surface area (Å²) in [7, 11) is 0. The van der Waals surface area contributed by atoms with Crippen molar-refractivity contribution in [1.29, 1.82) is 0 Å². The van der Waals surface area contributed by atoms with E-state index in [0.29, 0.717) is 23.3 Å². The second kappa shape index (κ2) is 5.09. The van der Waals surface area contributed by atoms with Crippen LogP contribution in [0.15, 0.2) is 16.7 Å². The number of carbonyl (C=O) groups is 1. The first kappa shape index (κ1) is 12.9. The molecule has 6 heteroatoms. The van der Waals surface area contributed by atoms with Gasteiger partial charge >= 0.3 is 0 Å². The molecular formula is C13H17BrN4O. The quantitative estimate of drug-likeness (QED) is 0.643. The fourth-order valence-electron chi connectivity index (χ4n) is 2.23. The number of hydrazine groups is 1. The number of aromatic nitrogens is 1. The molecule has 0 unspecified atom stereocenters.